The van der Waals surface area contributed by atoms with Gasteiger partial charge in [-0.25, -0.2) is 0 Å². The lowest BCUT2D eigenvalue weighted by molar-refractivity contribution is -0.121. The summed E-state index contributed by atoms with van der Waals surface area (Å²) in [5.74, 6) is 0.116. The van der Waals surface area contributed by atoms with Gasteiger partial charge in [0.15, 0.2) is 0 Å². The number of carbonyl (C=O) groups excluding carboxylic acids is 1. The summed E-state index contributed by atoms with van der Waals surface area (Å²) < 4.78 is 0. The molecule has 0 saturated carbocycles. The van der Waals surface area contributed by atoms with Crippen molar-refractivity contribution in [3.8, 4) is 0 Å². The van der Waals surface area contributed by atoms with Gasteiger partial charge in [0.25, 0.3) is 0 Å². The first-order valence-corrected chi connectivity index (χ1v) is 9.31. The van der Waals surface area contributed by atoms with Crippen LogP contribution in [0.15, 0.2) is 48.5 Å². The highest BCUT2D eigenvalue weighted by Crippen LogP contribution is 2.14. The normalized spacial score (nSPS) is 14.6. The van der Waals surface area contributed by atoms with Crippen LogP contribution in [0.3, 0.4) is 0 Å². The standard InChI is InChI=1S/C22H28N2O/c1-18-7-9-19(10-8-18)11-12-22(25)23-16-20-5-4-6-21(15-20)17-24-13-2-3-14-24/h4-10,15H,2-3,11-14,16-17H2,1H3,(H,23,25). The third-order valence-electron chi connectivity index (χ3n) is 4.85. The first kappa shape index (κ1) is 17.7. The molecular weight excluding hydrogens is 308 g/mol. The largest absolute Gasteiger partial charge is 0.352 e. The number of hydrogen-bond acceptors (Lipinski definition) is 2. The number of hydrogen-bond donors (Lipinski definition) is 1. The maximum atomic E-state index is 12.1. The van der Waals surface area contributed by atoms with Gasteiger partial charge in [-0.3, -0.25) is 9.69 Å². The summed E-state index contributed by atoms with van der Waals surface area (Å²) in [6.45, 7) is 6.13. The quantitative estimate of drug-likeness (QED) is 0.833. The first-order chi connectivity index (χ1) is 12.2. The zero-order chi connectivity index (χ0) is 17.5. The molecule has 1 aliphatic heterocycles. The van der Waals surface area contributed by atoms with Gasteiger partial charge in [-0.1, -0.05) is 54.1 Å². The highest BCUT2D eigenvalue weighted by Gasteiger charge is 2.11. The summed E-state index contributed by atoms with van der Waals surface area (Å²) in [7, 11) is 0. The van der Waals surface area contributed by atoms with Crippen molar-refractivity contribution in [2.45, 2.75) is 45.7 Å². The minimum atomic E-state index is 0.116. The molecule has 1 heterocycles. The molecule has 0 aliphatic carbocycles. The predicted molar refractivity (Wildman–Crippen MR) is 102 cm³/mol. The van der Waals surface area contributed by atoms with Crippen LogP contribution in [0, 0.1) is 6.92 Å². The minimum absolute atomic E-state index is 0.116. The fraction of sp³-hybridized carbons (Fsp3) is 0.409. The maximum absolute atomic E-state index is 12.1. The van der Waals surface area contributed by atoms with Crippen LogP contribution in [0.4, 0.5) is 0 Å². The van der Waals surface area contributed by atoms with Gasteiger partial charge in [0, 0.05) is 19.5 Å². The van der Waals surface area contributed by atoms with Gasteiger partial charge in [0.05, 0.1) is 0 Å². The molecule has 0 aromatic heterocycles. The van der Waals surface area contributed by atoms with E-state index in [9.17, 15) is 4.79 Å². The van der Waals surface area contributed by atoms with E-state index in [1.54, 1.807) is 0 Å². The Labute approximate surface area is 151 Å². The van der Waals surface area contributed by atoms with Crippen molar-refractivity contribution in [1.82, 2.24) is 10.2 Å². The number of nitrogens with one attached hydrogen (secondary N) is 1. The van der Waals surface area contributed by atoms with Crippen molar-refractivity contribution in [3.05, 3.63) is 70.8 Å². The average Bonchev–Trinajstić information content (AvgIpc) is 3.13. The predicted octanol–water partition coefficient (Wildman–Crippen LogP) is 3.84. The molecule has 1 saturated heterocycles. The van der Waals surface area contributed by atoms with Crippen LogP contribution in [0.2, 0.25) is 0 Å². The molecule has 1 amide bonds. The topological polar surface area (TPSA) is 32.3 Å². The molecule has 2 aromatic carbocycles. The molecule has 0 atom stereocenters. The van der Waals surface area contributed by atoms with E-state index in [0.29, 0.717) is 13.0 Å². The molecule has 0 bridgehead atoms. The zero-order valence-corrected chi connectivity index (χ0v) is 15.1. The Morgan fingerprint density at radius 1 is 1.00 bits per heavy atom. The Morgan fingerprint density at radius 3 is 2.48 bits per heavy atom. The maximum Gasteiger partial charge on any atom is 0.220 e. The number of carbonyl (C=O) groups is 1. The molecule has 0 radical (unpaired) electrons. The van der Waals surface area contributed by atoms with Crippen molar-refractivity contribution >= 4 is 5.91 Å². The highest BCUT2D eigenvalue weighted by atomic mass is 16.1. The van der Waals surface area contributed by atoms with Crippen LogP contribution in [-0.2, 0) is 24.3 Å². The van der Waals surface area contributed by atoms with Gasteiger partial charge in [-0.15, -0.1) is 0 Å². The van der Waals surface area contributed by atoms with E-state index in [-0.39, 0.29) is 5.91 Å². The van der Waals surface area contributed by atoms with Crippen molar-refractivity contribution in [2.24, 2.45) is 0 Å². The van der Waals surface area contributed by atoms with E-state index >= 15 is 0 Å². The number of nitrogens with zero attached hydrogens (tertiary/aromatic N) is 1. The number of aryl methyl sites for hydroxylation is 2. The third kappa shape index (κ3) is 5.71. The molecule has 0 unspecified atom stereocenters. The van der Waals surface area contributed by atoms with E-state index in [4.69, 9.17) is 0 Å². The third-order valence-corrected chi connectivity index (χ3v) is 4.85. The Bertz CT molecular complexity index is 687. The van der Waals surface area contributed by atoms with Gasteiger partial charge in [-0.2, -0.15) is 0 Å². The fourth-order valence-electron chi connectivity index (χ4n) is 3.34. The zero-order valence-electron chi connectivity index (χ0n) is 15.1. The molecule has 3 rings (SSSR count). The summed E-state index contributed by atoms with van der Waals surface area (Å²) >= 11 is 0. The second kappa shape index (κ2) is 8.82. The van der Waals surface area contributed by atoms with E-state index in [0.717, 1.165) is 13.0 Å². The SMILES string of the molecule is Cc1ccc(CCC(=O)NCc2cccc(CN3CCCC3)c2)cc1. The number of rotatable bonds is 7. The van der Waals surface area contributed by atoms with Crippen LogP contribution >= 0.6 is 0 Å². The van der Waals surface area contributed by atoms with Crippen LogP contribution in [-0.4, -0.2) is 23.9 Å². The second-order valence-corrected chi connectivity index (χ2v) is 7.07. The van der Waals surface area contributed by atoms with Gasteiger partial charge in [-0.05, 0) is 56.0 Å². The Hall–Kier alpha value is -2.13. The Balaban J connectivity index is 1.44. The summed E-state index contributed by atoms with van der Waals surface area (Å²) in [6, 6.07) is 17.0. The van der Waals surface area contributed by atoms with Crippen molar-refractivity contribution in [3.63, 3.8) is 0 Å². The molecule has 132 valence electrons. The minimum Gasteiger partial charge on any atom is -0.352 e. The molecule has 25 heavy (non-hydrogen) atoms. The van der Waals surface area contributed by atoms with Crippen LogP contribution in [0.5, 0.6) is 0 Å². The molecule has 2 aromatic rings. The summed E-state index contributed by atoms with van der Waals surface area (Å²) in [4.78, 5) is 14.6. The molecule has 1 fully saturated rings. The summed E-state index contributed by atoms with van der Waals surface area (Å²) in [5.41, 5.74) is 4.99. The second-order valence-electron chi connectivity index (χ2n) is 7.07. The van der Waals surface area contributed by atoms with Crippen molar-refractivity contribution in [2.75, 3.05) is 13.1 Å². The lowest BCUT2D eigenvalue weighted by Crippen LogP contribution is -2.23. The van der Waals surface area contributed by atoms with Crippen molar-refractivity contribution in [1.29, 1.82) is 0 Å². The molecular formula is C22H28N2O. The Morgan fingerprint density at radius 2 is 1.72 bits per heavy atom. The fourth-order valence-corrected chi connectivity index (χ4v) is 3.34. The first-order valence-electron chi connectivity index (χ1n) is 9.31. The molecule has 3 nitrogen and oxygen atoms in total. The monoisotopic (exact) mass is 336 g/mol. The van der Waals surface area contributed by atoms with Crippen LogP contribution < -0.4 is 5.32 Å². The van der Waals surface area contributed by atoms with Gasteiger partial charge in [0.1, 0.15) is 0 Å². The van der Waals surface area contributed by atoms with Crippen molar-refractivity contribution < 1.29 is 4.79 Å². The van der Waals surface area contributed by atoms with E-state index in [1.165, 1.54) is 48.2 Å². The molecule has 0 spiro atoms. The summed E-state index contributed by atoms with van der Waals surface area (Å²) in [5, 5.41) is 3.05. The van der Waals surface area contributed by atoms with Crippen LogP contribution in [0.25, 0.3) is 0 Å². The number of amides is 1. The van der Waals surface area contributed by atoms with Gasteiger partial charge >= 0.3 is 0 Å². The summed E-state index contributed by atoms with van der Waals surface area (Å²) in [6.07, 6.45) is 3.96. The number of benzene rings is 2. The van der Waals surface area contributed by atoms with E-state index in [1.807, 2.05) is 0 Å². The smallest absolute Gasteiger partial charge is 0.220 e. The van der Waals surface area contributed by atoms with Gasteiger partial charge in [0.2, 0.25) is 5.91 Å². The molecule has 1 N–H and O–H groups in total. The lowest BCUT2D eigenvalue weighted by atomic mass is 10.1. The number of likely N-dealkylation sites (tertiary alicyclic amines) is 1. The lowest BCUT2D eigenvalue weighted by Gasteiger charge is -2.15. The highest BCUT2D eigenvalue weighted by molar-refractivity contribution is 5.76. The van der Waals surface area contributed by atoms with Gasteiger partial charge < -0.3 is 5.32 Å². The van der Waals surface area contributed by atoms with E-state index < -0.39 is 0 Å². The Kier molecular flexibility index (Phi) is 6.24. The van der Waals surface area contributed by atoms with E-state index in [2.05, 4.69) is 65.7 Å². The van der Waals surface area contributed by atoms with Crippen LogP contribution in [0.1, 0.15) is 41.5 Å². The molecule has 3 heteroatoms. The average molecular weight is 336 g/mol. The molecule has 1 aliphatic rings.